The van der Waals surface area contributed by atoms with E-state index >= 15 is 0 Å². The minimum atomic E-state index is -0.981. The van der Waals surface area contributed by atoms with Gasteiger partial charge in [0, 0.05) is 237 Å². The summed E-state index contributed by atoms with van der Waals surface area (Å²) in [5.74, 6) is -1.80. The normalized spacial score (nSPS) is 19.5. The SMILES string of the molecule is CC(C)N1CCC(N2Cc3ccc(C(=O)O)cc3NC2=O)CC1.CC(C)N1CCC(N2Cc3ccc(C(N)=O)cc3NC2=O)CC1.CC(C)N1CCC(Nc2ccccc2NC(N)=O)CC1.CC(C)N1CCC(n2c(=O)[nH]c3c(=O)[nH]cnc32)CC1.CN1CCN(C(=O)c2ccc3c(c2)NC(=O)N(C2CCN(C(C)(C)C)CC2)C3)CC1.COC(=O)c1ccc2c(c1)NC(=O)N(C1CCN(C(C)C)CC1)C2. The number of H-pyrrole nitrogens is 2. The fourth-order valence-electron chi connectivity index (χ4n) is 20.7. The number of primary amides is 2. The Hall–Kier alpha value is -12.0. The molecule has 0 unspecified atom stereocenters. The van der Waals surface area contributed by atoms with Crippen LogP contribution in [-0.2, 0) is 30.9 Å². The molecule has 0 spiro atoms. The van der Waals surface area contributed by atoms with Gasteiger partial charge < -0.3 is 112 Å². The molecule has 18 rings (SSSR count). The van der Waals surface area contributed by atoms with E-state index in [4.69, 9.17) is 21.3 Å². The molecule has 11 aliphatic rings. The molecule has 760 valence electrons. The number of esters is 1. The molecule has 0 aliphatic carbocycles. The van der Waals surface area contributed by atoms with Crippen molar-refractivity contribution in [2.24, 2.45) is 11.5 Å². The second kappa shape index (κ2) is 47.5. The number of rotatable bonds is 17. The highest BCUT2D eigenvalue weighted by Gasteiger charge is 2.40. The standard InChI is InChI=1S/C23H35N5O2.C18H25N3O3.C17H24N4O2.C17H23N3O3.C15H24N4O.C13H19N5O2/c1-23(2,3)27-9-7-19(8-10-27)28-16-18-6-5-17(15-20(18)24-22(28)30)21(29)26-13-11-25(4)12-14-26;1-12(2)20-8-6-15(7-9-20)21-11-14-5-4-13(17(22)24-3)10-16(14)19-18(21)23;1-11(2)20-7-5-14(6-8-20)21-10-13-4-3-12(16(18)22)9-15(13)19-17(21)23;1-11(2)19-7-5-14(6-8-19)20-10-13-4-3-12(16(21)22)9-15(13)18-17(20)23;1-11(2)19-9-7-12(8-10-19)17-13-5-3-4-6-14(13)18-15(16)20;1-8(2)17-5-3-9(4-6-17)18-11-10(16-13(18)20)12(19)15-7-14-11/h5-6,15,19H,7-14,16H2,1-4H3,(H,24,30);4-5,10,12,15H,6-9,11H2,1-3H3,(H,19,23);3-4,9,11,14H,5-8,10H2,1-2H3,(H2,18,22)(H,19,23);3-4,9,11,14H,5-8,10H2,1-2H3,(H,18,23)(H,21,22);3-6,11-12,17H,7-10H2,1-2H3,(H3,16,18,20);7-9H,3-6H2,1-2H3,(H,16,20)(H,14,15,19). The van der Waals surface area contributed by atoms with Gasteiger partial charge in [-0.05, 0) is 257 Å². The summed E-state index contributed by atoms with van der Waals surface area (Å²) in [6.07, 6.45) is 13.3. The molecule has 2 aromatic heterocycles. The molecule has 0 bridgehead atoms. The summed E-state index contributed by atoms with van der Waals surface area (Å²) in [6, 6.07) is 32.5. The summed E-state index contributed by atoms with van der Waals surface area (Å²) in [5, 5.41) is 26.9. The number of ether oxygens (including phenoxy) is 1. The van der Waals surface area contributed by atoms with Gasteiger partial charge in [-0.2, -0.15) is 0 Å². The van der Waals surface area contributed by atoms with Crippen molar-refractivity contribution < 1.29 is 53.0 Å². The number of aromatic carboxylic acids is 1. The summed E-state index contributed by atoms with van der Waals surface area (Å²) < 4.78 is 6.37. The van der Waals surface area contributed by atoms with Gasteiger partial charge in [-0.25, -0.2) is 43.3 Å². The topological polar surface area (TPSA) is 430 Å². The lowest BCUT2D eigenvalue weighted by molar-refractivity contribution is 0.0598. The Labute approximate surface area is 822 Å². The zero-order valence-electron chi connectivity index (χ0n) is 84.6. The zero-order chi connectivity index (χ0) is 101. The van der Waals surface area contributed by atoms with E-state index in [9.17, 15) is 52.7 Å². The number of nitrogens with zero attached hydrogens (tertiary/aromatic N) is 14. The number of piperazine rings is 1. The molecule has 7 saturated heterocycles. The predicted octanol–water partition coefficient (Wildman–Crippen LogP) is 12.9. The first-order valence-electron chi connectivity index (χ1n) is 50.2. The number of amides is 12. The number of carbonyl (C=O) groups is 9. The van der Waals surface area contributed by atoms with Crippen LogP contribution >= 0.6 is 0 Å². The van der Waals surface area contributed by atoms with Crippen LogP contribution in [0.2, 0.25) is 0 Å². The maximum atomic E-state index is 12.9. The highest BCUT2D eigenvalue weighted by Crippen LogP contribution is 2.37. The van der Waals surface area contributed by atoms with Gasteiger partial charge in [-0.3, -0.25) is 28.8 Å². The van der Waals surface area contributed by atoms with E-state index in [1.54, 1.807) is 41.0 Å². The molecule has 13 N–H and O–H groups in total. The molecule has 5 aromatic carbocycles. The van der Waals surface area contributed by atoms with Crippen LogP contribution < -0.4 is 54.6 Å². The molecule has 37 nitrogen and oxygen atoms in total. The summed E-state index contributed by atoms with van der Waals surface area (Å²) >= 11 is 0. The Kier molecular flexibility index (Phi) is 35.7. The molecule has 37 heteroatoms. The van der Waals surface area contributed by atoms with Crippen molar-refractivity contribution in [2.45, 2.75) is 265 Å². The number of likely N-dealkylation sites (tertiary alicyclic amines) is 6. The summed E-state index contributed by atoms with van der Waals surface area (Å²) in [6.45, 7) is 46.8. The zero-order valence-corrected chi connectivity index (χ0v) is 84.6. The second-order valence-corrected chi connectivity index (χ2v) is 41.1. The van der Waals surface area contributed by atoms with Crippen molar-refractivity contribution >= 4 is 99.2 Å². The van der Waals surface area contributed by atoms with E-state index in [-0.39, 0.29) is 88.1 Å². The fourth-order valence-corrected chi connectivity index (χ4v) is 20.7. The lowest BCUT2D eigenvalue weighted by atomic mass is 9.96. The van der Waals surface area contributed by atoms with Gasteiger partial charge in [0.2, 0.25) is 5.91 Å². The lowest BCUT2D eigenvalue weighted by Gasteiger charge is -2.44. The van der Waals surface area contributed by atoms with Crippen LogP contribution in [0.25, 0.3) is 11.2 Å². The van der Waals surface area contributed by atoms with Gasteiger partial charge >= 0.3 is 47.8 Å². The number of carboxylic acids is 1. The van der Waals surface area contributed by atoms with Crippen LogP contribution in [0, 0.1) is 0 Å². The molecule has 140 heavy (non-hydrogen) atoms. The number of piperidine rings is 6. The molecule has 7 fully saturated rings. The summed E-state index contributed by atoms with van der Waals surface area (Å²) in [5.41, 5.74) is 21.2. The highest BCUT2D eigenvalue weighted by atomic mass is 16.5. The largest absolute Gasteiger partial charge is 0.478 e. The molecule has 0 radical (unpaired) electrons. The third-order valence-electron chi connectivity index (χ3n) is 29.6. The number of benzene rings is 5. The van der Waals surface area contributed by atoms with Gasteiger partial charge in [0.25, 0.3) is 11.5 Å². The van der Waals surface area contributed by atoms with E-state index in [2.05, 4.69) is 178 Å². The quantitative estimate of drug-likeness (QED) is 0.0377. The van der Waals surface area contributed by atoms with Crippen LogP contribution in [0.5, 0.6) is 0 Å². The average Bonchev–Trinajstić information content (AvgIpc) is 1.63. The minimum absolute atomic E-state index is 0.0408. The molecular weight excluding hydrogens is 1780 g/mol. The Morgan fingerprint density at radius 2 is 0.793 bits per heavy atom. The number of urea groups is 5. The van der Waals surface area contributed by atoms with Crippen molar-refractivity contribution in [1.82, 2.24) is 78.3 Å². The smallest absolute Gasteiger partial charge is 0.337 e. The number of likely N-dealkylation sites (N-methyl/N-ethyl adjacent to an activating group) is 1. The number of carbonyl (C=O) groups excluding carboxylic acids is 8. The predicted molar refractivity (Wildman–Crippen MR) is 547 cm³/mol. The van der Waals surface area contributed by atoms with Crippen LogP contribution in [0.4, 0.5) is 58.1 Å². The molecule has 0 saturated carbocycles. The third kappa shape index (κ3) is 26.8. The van der Waals surface area contributed by atoms with Gasteiger partial charge in [0.05, 0.1) is 35.9 Å². The van der Waals surface area contributed by atoms with E-state index in [1.165, 1.54) is 19.5 Å². The van der Waals surface area contributed by atoms with Gasteiger partial charge in [0.1, 0.15) is 0 Å². The Morgan fingerprint density at radius 3 is 1.17 bits per heavy atom. The summed E-state index contributed by atoms with van der Waals surface area (Å²) in [4.78, 5) is 168. The number of carboxylic acid groups (broad SMARTS) is 1. The van der Waals surface area contributed by atoms with E-state index in [0.717, 1.165) is 221 Å². The number of nitrogens with two attached hydrogens (primary N) is 2. The number of anilines is 6. The van der Waals surface area contributed by atoms with Gasteiger partial charge in [-0.15, -0.1) is 0 Å². The Balaban J connectivity index is 0.000000142. The van der Waals surface area contributed by atoms with Crippen molar-refractivity contribution in [3.8, 4) is 0 Å². The minimum Gasteiger partial charge on any atom is -0.478 e. The number of nitrogens with one attached hydrogen (secondary N) is 8. The summed E-state index contributed by atoms with van der Waals surface area (Å²) in [7, 11) is 3.43. The van der Waals surface area contributed by atoms with Crippen molar-refractivity contribution in [3.63, 3.8) is 0 Å². The fraction of sp³-hybridized carbons (Fsp3) is 0.573. The molecule has 12 amide bonds. The van der Waals surface area contributed by atoms with E-state index < -0.39 is 23.9 Å². The van der Waals surface area contributed by atoms with Gasteiger partial charge in [0.15, 0.2) is 11.2 Å². The monoisotopic (exact) mass is 1930 g/mol. The number of hydrogen-bond acceptors (Lipinski definition) is 21. The van der Waals surface area contributed by atoms with E-state index in [0.29, 0.717) is 102 Å². The van der Waals surface area contributed by atoms with Gasteiger partial charge in [-0.1, -0.05) is 36.4 Å². The number of fused-ring (bicyclic) bond motifs is 5. The van der Waals surface area contributed by atoms with E-state index in [1.807, 2.05) is 79.1 Å². The second-order valence-electron chi connectivity index (χ2n) is 41.1. The van der Waals surface area contributed by atoms with Crippen LogP contribution in [0.1, 0.15) is 237 Å². The molecule has 0 atom stereocenters. The van der Waals surface area contributed by atoms with Crippen LogP contribution in [0.3, 0.4) is 0 Å². The van der Waals surface area contributed by atoms with Crippen molar-refractivity contribution in [1.29, 1.82) is 0 Å². The number of methoxy groups -OCH3 is 1. The molecule has 13 heterocycles. The first-order valence-corrected chi connectivity index (χ1v) is 50.2. The van der Waals surface area contributed by atoms with Crippen LogP contribution in [-0.4, -0.2) is 322 Å². The Morgan fingerprint density at radius 1 is 0.443 bits per heavy atom. The number of aromatic amines is 2. The first kappa shape index (κ1) is 105. The molecule has 11 aliphatic heterocycles. The molecule has 7 aromatic rings. The number of imidazole rings is 1. The first-order chi connectivity index (χ1) is 66.7. The molecular formula is C103H150N24O13. The number of para-hydroxylation sites is 2. The third-order valence-corrected chi connectivity index (χ3v) is 29.6. The Bertz CT molecular complexity index is 5490. The number of hydrogen-bond donors (Lipinski definition) is 11. The van der Waals surface area contributed by atoms with Crippen LogP contribution in [0.15, 0.2) is 113 Å². The maximum Gasteiger partial charge on any atom is 0.337 e. The van der Waals surface area contributed by atoms with Crippen molar-refractivity contribution in [3.05, 3.63) is 169 Å². The lowest BCUT2D eigenvalue weighted by Crippen LogP contribution is -2.53. The van der Waals surface area contributed by atoms with Crippen molar-refractivity contribution in [2.75, 3.05) is 151 Å². The average molecular weight is 1930 g/mol. The highest BCUT2D eigenvalue weighted by molar-refractivity contribution is 6.01. The number of aromatic nitrogens is 4. The maximum absolute atomic E-state index is 12.9.